The Balaban J connectivity index is 2.93. The van der Waals surface area contributed by atoms with Gasteiger partial charge in [-0.2, -0.15) is 4.98 Å². The average Bonchev–Trinajstić information content (AvgIpc) is 2.17. The number of ether oxygens (including phenoxy) is 2. The zero-order chi connectivity index (χ0) is 10.6. The molecule has 0 spiro atoms. The minimum Gasteiger partial charge on any atom is -0.508 e. The van der Waals surface area contributed by atoms with Gasteiger partial charge in [-0.05, 0) is 6.07 Å². The van der Waals surface area contributed by atoms with Crippen LogP contribution in [0.1, 0.15) is 0 Å². The van der Waals surface area contributed by atoms with Crippen molar-refractivity contribution in [1.29, 1.82) is 0 Å². The molecule has 0 saturated carbocycles. The van der Waals surface area contributed by atoms with Crippen LogP contribution in [0, 0.1) is 0 Å². The van der Waals surface area contributed by atoms with Crippen LogP contribution in [0.15, 0.2) is 12.1 Å². The normalized spacial score (nSPS) is 9.43. The van der Waals surface area contributed by atoms with Crippen LogP contribution in [0.25, 0.3) is 0 Å². The molecule has 7 heteroatoms. The number of rotatable bonds is 4. The number of pyridine rings is 1. The van der Waals surface area contributed by atoms with E-state index in [1.54, 1.807) is 0 Å². The molecule has 0 bridgehead atoms. The summed E-state index contributed by atoms with van der Waals surface area (Å²) in [6.45, 7) is 0. The van der Waals surface area contributed by atoms with Crippen molar-refractivity contribution >= 4 is 7.32 Å². The molecule has 0 aromatic carbocycles. The summed E-state index contributed by atoms with van der Waals surface area (Å²) in [6.07, 6.45) is 0. The van der Waals surface area contributed by atoms with Gasteiger partial charge in [0.05, 0.1) is 14.2 Å². The quantitative estimate of drug-likeness (QED) is 0.633. The summed E-state index contributed by atoms with van der Waals surface area (Å²) in [5.74, 6) is 0.599. The van der Waals surface area contributed by atoms with E-state index in [-0.39, 0.29) is 11.6 Å². The van der Waals surface area contributed by atoms with Crippen molar-refractivity contribution in [3.05, 3.63) is 12.1 Å². The molecule has 14 heavy (non-hydrogen) atoms. The van der Waals surface area contributed by atoms with Crippen molar-refractivity contribution in [2.24, 2.45) is 0 Å². The van der Waals surface area contributed by atoms with E-state index in [9.17, 15) is 0 Å². The van der Waals surface area contributed by atoms with Crippen LogP contribution in [-0.2, 0) is 0 Å². The van der Waals surface area contributed by atoms with Gasteiger partial charge in [0.25, 0.3) is 5.88 Å². The highest BCUT2D eigenvalue weighted by Crippen LogP contribution is 2.26. The second-order valence-corrected chi connectivity index (χ2v) is 2.31. The van der Waals surface area contributed by atoms with Crippen LogP contribution in [0.4, 0.5) is 0 Å². The Bertz CT molecular complexity index is 306. The third-order valence-corrected chi connectivity index (χ3v) is 1.43. The molecule has 0 radical (unpaired) electrons. The van der Waals surface area contributed by atoms with E-state index in [1.165, 1.54) is 26.4 Å². The first kappa shape index (κ1) is 10.6. The zero-order valence-corrected chi connectivity index (χ0v) is 7.80. The molecular weight excluding hydrogens is 189 g/mol. The van der Waals surface area contributed by atoms with E-state index in [0.29, 0.717) is 5.88 Å². The van der Waals surface area contributed by atoms with Crippen LogP contribution in [0.5, 0.6) is 17.5 Å². The first-order chi connectivity index (χ1) is 6.67. The van der Waals surface area contributed by atoms with E-state index in [0.717, 1.165) is 0 Å². The lowest BCUT2D eigenvalue weighted by Gasteiger charge is -2.09. The fraction of sp³-hybridized carbons (Fsp3) is 0.286. The summed E-state index contributed by atoms with van der Waals surface area (Å²) in [5, 5.41) is 17.1. The van der Waals surface area contributed by atoms with E-state index < -0.39 is 7.32 Å². The van der Waals surface area contributed by atoms with Crippen LogP contribution in [0.2, 0.25) is 0 Å². The van der Waals surface area contributed by atoms with Crippen molar-refractivity contribution < 1.29 is 24.2 Å². The van der Waals surface area contributed by atoms with Crippen molar-refractivity contribution in [1.82, 2.24) is 4.98 Å². The van der Waals surface area contributed by atoms with E-state index >= 15 is 0 Å². The van der Waals surface area contributed by atoms with Gasteiger partial charge in [-0.1, -0.05) is 0 Å². The third-order valence-electron chi connectivity index (χ3n) is 1.43. The topological polar surface area (TPSA) is 81.0 Å². The number of methoxy groups -OCH3 is 2. The molecule has 0 aliphatic heterocycles. The molecular formula is C7H10BNO5. The smallest absolute Gasteiger partial charge is 0.508 e. The number of hydrogen-bond acceptors (Lipinski definition) is 6. The first-order valence-corrected chi connectivity index (χ1v) is 3.79. The summed E-state index contributed by atoms with van der Waals surface area (Å²) in [5.41, 5.74) is 0. The van der Waals surface area contributed by atoms with E-state index in [1.807, 2.05) is 0 Å². The monoisotopic (exact) mass is 199 g/mol. The third kappa shape index (κ3) is 2.51. The zero-order valence-electron chi connectivity index (χ0n) is 7.80. The minimum absolute atomic E-state index is 0.123. The predicted molar refractivity (Wildman–Crippen MR) is 48.2 cm³/mol. The maximum atomic E-state index is 8.57. The number of hydrogen-bond donors (Lipinski definition) is 2. The van der Waals surface area contributed by atoms with Gasteiger partial charge in [0.1, 0.15) is 0 Å². The Hall–Kier alpha value is -1.47. The maximum Gasteiger partial charge on any atom is 0.707 e. The molecule has 0 amide bonds. The molecule has 1 aromatic rings. The maximum absolute atomic E-state index is 8.57. The second-order valence-electron chi connectivity index (χ2n) is 2.31. The van der Waals surface area contributed by atoms with Crippen LogP contribution >= 0.6 is 0 Å². The van der Waals surface area contributed by atoms with Gasteiger partial charge >= 0.3 is 7.32 Å². The molecule has 2 N–H and O–H groups in total. The fourth-order valence-electron chi connectivity index (χ4n) is 0.874. The van der Waals surface area contributed by atoms with Crippen molar-refractivity contribution in [2.45, 2.75) is 0 Å². The highest BCUT2D eigenvalue weighted by atomic mass is 16.6. The van der Waals surface area contributed by atoms with Crippen molar-refractivity contribution in [3.63, 3.8) is 0 Å². The van der Waals surface area contributed by atoms with Gasteiger partial charge in [-0.3, -0.25) is 0 Å². The minimum atomic E-state index is -1.90. The lowest BCUT2D eigenvalue weighted by Crippen LogP contribution is -2.21. The summed E-state index contributed by atoms with van der Waals surface area (Å²) in [7, 11) is 0.945. The Kier molecular flexibility index (Phi) is 3.55. The summed E-state index contributed by atoms with van der Waals surface area (Å²) < 4.78 is 14.3. The largest absolute Gasteiger partial charge is 0.707 e. The number of nitrogens with zero attached hydrogens (tertiary/aromatic N) is 1. The van der Waals surface area contributed by atoms with Crippen molar-refractivity contribution in [3.8, 4) is 17.5 Å². The van der Waals surface area contributed by atoms with Crippen molar-refractivity contribution in [2.75, 3.05) is 14.2 Å². The van der Waals surface area contributed by atoms with Gasteiger partial charge in [-0.15, -0.1) is 0 Å². The molecule has 0 fully saturated rings. The second kappa shape index (κ2) is 4.68. The molecule has 0 unspecified atom stereocenters. The highest BCUT2D eigenvalue weighted by Gasteiger charge is 2.16. The van der Waals surface area contributed by atoms with Crippen LogP contribution in [0.3, 0.4) is 0 Å². The molecule has 0 aliphatic carbocycles. The first-order valence-electron chi connectivity index (χ1n) is 3.79. The van der Waals surface area contributed by atoms with Gasteiger partial charge in [0.2, 0.25) is 5.88 Å². The molecule has 0 aliphatic rings. The summed E-state index contributed by atoms with van der Waals surface area (Å²) in [6, 6.07) is 2.98. The summed E-state index contributed by atoms with van der Waals surface area (Å²) >= 11 is 0. The molecule has 6 nitrogen and oxygen atoms in total. The van der Waals surface area contributed by atoms with Gasteiger partial charge in [-0.25, -0.2) is 0 Å². The molecule has 1 aromatic heterocycles. The molecule has 76 valence electrons. The predicted octanol–water partition coefficient (Wildman–Crippen LogP) is -0.553. The Labute approximate surface area is 81.2 Å². The Morgan fingerprint density at radius 1 is 1.21 bits per heavy atom. The fourth-order valence-corrected chi connectivity index (χ4v) is 0.874. The standard InChI is InChI=1S/C7H10BNO5/c1-12-6-4-3-5(14-8(10)11)7(9-6)13-2/h3-4,10-11H,1-2H3. The number of aromatic nitrogens is 1. The molecule has 1 heterocycles. The van der Waals surface area contributed by atoms with Gasteiger partial charge in [0.15, 0.2) is 5.75 Å². The van der Waals surface area contributed by atoms with E-state index in [4.69, 9.17) is 19.5 Å². The SMILES string of the molecule is COc1ccc(OB(O)O)c(OC)n1. The lowest BCUT2D eigenvalue weighted by molar-refractivity contribution is 0.275. The van der Waals surface area contributed by atoms with Gasteiger partial charge < -0.3 is 24.2 Å². The average molecular weight is 199 g/mol. The van der Waals surface area contributed by atoms with Crippen LogP contribution < -0.4 is 14.1 Å². The molecule has 0 atom stereocenters. The van der Waals surface area contributed by atoms with Crippen LogP contribution in [-0.4, -0.2) is 36.6 Å². The Morgan fingerprint density at radius 3 is 2.43 bits per heavy atom. The summed E-state index contributed by atoms with van der Waals surface area (Å²) in [4.78, 5) is 3.87. The van der Waals surface area contributed by atoms with Gasteiger partial charge in [0, 0.05) is 6.07 Å². The highest BCUT2D eigenvalue weighted by molar-refractivity contribution is 6.33. The lowest BCUT2D eigenvalue weighted by atomic mass is 10.2. The molecule has 1 rings (SSSR count). The molecule has 0 saturated heterocycles. The Morgan fingerprint density at radius 2 is 1.93 bits per heavy atom. The van der Waals surface area contributed by atoms with E-state index in [2.05, 4.69) is 9.64 Å².